The molecule has 0 spiro atoms. The zero-order chi connectivity index (χ0) is 17.9. The number of benzene rings is 2. The molecule has 2 rings (SSSR count). The molecule has 1 amide bonds. The molecule has 0 aromatic heterocycles. The van der Waals surface area contributed by atoms with E-state index in [0.717, 1.165) is 42.5 Å². The first-order valence-electron chi connectivity index (χ1n) is 6.47. The lowest BCUT2D eigenvalue weighted by molar-refractivity contribution is -0.137. The minimum atomic E-state index is -4.55. The van der Waals surface area contributed by atoms with Crippen molar-refractivity contribution in [3.8, 4) is 0 Å². The van der Waals surface area contributed by atoms with Gasteiger partial charge in [-0.1, -0.05) is 11.6 Å². The van der Waals surface area contributed by atoms with E-state index < -0.39 is 29.3 Å². The van der Waals surface area contributed by atoms with Gasteiger partial charge in [0.15, 0.2) is 0 Å². The van der Waals surface area contributed by atoms with Crippen molar-refractivity contribution in [2.45, 2.75) is 6.18 Å². The van der Waals surface area contributed by atoms with Crippen molar-refractivity contribution in [2.24, 2.45) is 0 Å². The number of halogens is 6. The lowest BCUT2D eigenvalue weighted by Gasteiger charge is -2.08. The Morgan fingerprint density at radius 1 is 1.08 bits per heavy atom. The standard InChI is InChI=1S/C16H9ClF5NO/c17-12-4-2-10(16(20,21)22)7-9(12)1-6-15(24)23-14-5-3-11(18)8-13(14)19/h1-8H,(H,23,24)/b6-1+. The molecule has 0 bridgehead atoms. The molecule has 8 heteroatoms. The van der Waals surface area contributed by atoms with E-state index in [1.165, 1.54) is 0 Å². The second-order valence-electron chi connectivity index (χ2n) is 4.68. The largest absolute Gasteiger partial charge is 0.416 e. The molecule has 0 atom stereocenters. The van der Waals surface area contributed by atoms with Crippen LogP contribution in [0.2, 0.25) is 5.02 Å². The van der Waals surface area contributed by atoms with Gasteiger partial charge in [0.2, 0.25) is 5.91 Å². The van der Waals surface area contributed by atoms with E-state index in [2.05, 4.69) is 5.32 Å². The number of amides is 1. The molecule has 2 nitrogen and oxygen atoms in total. The minimum Gasteiger partial charge on any atom is -0.320 e. The van der Waals surface area contributed by atoms with Crippen LogP contribution in [0, 0.1) is 11.6 Å². The van der Waals surface area contributed by atoms with Crippen LogP contribution in [0.4, 0.5) is 27.6 Å². The Morgan fingerprint density at radius 2 is 1.79 bits per heavy atom. The van der Waals surface area contributed by atoms with Crippen LogP contribution in [0.3, 0.4) is 0 Å². The van der Waals surface area contributed by atoms with E-state index in [4.69, 9.17) is 11.6 Å². The van der Waals surface area contributed by atoms with Crippen LogP contribution in [0.15, 0.2) is 42.5 Å². The zero-order valence-corrected chi connectivity index (χ0v) is 12.6. The molecule has 0 aliphatic carbocycles. The van der Waals surface area contributed by atoms with Crippen LogP contribution in [-0.2, 0) is 11.0 Å². The molecule has 0 aliphatic heterocycles. The Labute approximate surface area is 138 Å². The van der Waals surface area contributed by atoms with Crippen LogP contribution in [-0.4, -0.2) is 5.91 Å². The average Bonchev–Trinajstić information content (AvgIpc) is 2.48. The first-order chi connectivity index (χ1) is 11.2. The van der Waals surface area contributed by atoms with Gasteiger partial charge < -0.3 is 5.32 Å². The van der Waals surface area contributed by atoms with E-state index in [-0.39, 0.29) is 16.3 Å². The predicted octanol–water partition coefficient (Wildman–Crippen LogP) is 5.29. The number of hydrogen-bond acceptors (Lipinski definition) is 1. The maximum absolute atomic E-state index is 13.4. The van der Waals surface area contributed by atoms with E-state index in [1.807, 2.05) is 0 Å². The quantitative estimate of drug-likeness (QED) is 0.584. The Kier molecular flexibility index (Phi) is 5.23. The Balaban J connectivity index is 2.17. The molecule has 0 saturated carbocycles. The van der Waals surface area contributed by atoms with E-state index in [1.54, 1.807) is 0 Å². The third-order valence-electron chi connectivity index (χ3n) is 2.93. The molecule has 0 aliphatic rings. The molecule has 2 aromatic rings. The van der Waals surface area contributed by atoms with E-state index >= 15 is 0 Å². The summed E-state index contributed by atoms with van der Waals surface area (Å²) in [4.78, 5) is 11.7. The van der Waals surface area contributed by atoms with Crippen molar-refractivity contribution in [3.63, 3.8) is 0 Å². The van der Waals surface area contributed by atoms with Gasteiger partial charge in [-0.2, -0.15) is 13.2 Å². The lowest BCUT2D eigenvalue weighted by atomic mass is 10.1. The smallest absolute Gasteiger partial charge is 0.320 e. The molecular weight excluding hydrogens is 353 g/mol. The van der Waals surface area contributed by atoms with Crippen LogP contribution in [0.25, 0.3) is 6.08 Å². The molecule has 2 aromatic carbocycles. The van der Waals surface area contributed by atoms with Crippen molar-refractivity contribution in [1.82, 2.24) is 0 Å². The number of rotatable bonds is 3. The summed E-state index contributed by atoms with van der Waals surface area (Å²) in [7, 11) is 0. The van der Waals surface area contributed by atoms with Gasteiger partial charge in [-0.15, -0.1) is 0 Å². The fraction of sp³-hybridized carbons (Fsp3) is 0.0625. The Bertz CT molecular complexity index is 802. The first-order valence-corrected chi connectivity index (χ1v) is 6.85. The summed E-state index contributed by atoms with van der Waals surface area (Å²) < 4.78 is 64.1. The zero-order valence-electron chi connectivity index (χ0n) is 11.8. The number of alkyl halides is 3. The van der Waals surface area contributed by atoms with Crippen LogP contribution >= 0.6 is 11.6 Å². The fourth-order valence-electron chi connectivity index (χ4n) is 1.78. The molecule has 0 unspecified atom stereocenters. The molecule has 0 heterocycles. The van der Waals surface area contributed by atoms with Crippen molar-refractivity contribution in [2.75, 3.05) is 5.32 Å². The molecule has 0 saturated heterocycles. The summed E-state index contributed by atoms with van der Waals surface area (Å²) in [6.07, 6.45) is -2.59. The van der Waals surface area contributed by atoms with Crippen molar-refractivity contribution >= 4 is 29.3 Å². The van der Waals surface area contributed by atoms with Gasteiger partial charge in [-0.3, -0.25) is 4.79 Å². The third-order valence-corrected chi connectivity index (χ3v) is 3.27. The molecule has 0 fully saturated rings. The van der Waals surface area contributed by atoms with E-state index in [0.29, 0.717) is 6.07 Å². The van der Waals surface area contributed by atoms with Crippen molar-refractivity contribution < 1.29 is 26.7 Å². The highest BCUT2D eigenvalue weighted by atomic mass is 35.5. The van der Waals surface area contributed by atoms with Crippen LogP contribution < -0.4 is 5.32 Å². The monoisotopic (exact) mass is 361 g/mol. The molecule has 126 valence electrons. The van der Waals surface area contributed by atoms with Crippen LogP contribution in [0.5, 0.6) is 0 Å². The average molecular weight is 362 g/mol. The summed E-state index contributed by atoms with van der Waals surface area (Å²) in [5.41, 5.74) is -1.21. The summed E-state index contributed by atoms with van der Waals surface area (Å²) in [6.45, 7) is 0. The van der Waals surface area contributed by atoms with E-state index in [9.17, 15) is 26.7 Å². The number of anilines is 1. The number of hydrogen-bond donors (Lipinski definition) is 1. The van der Waals surface area contributed by atoms with Gasteiger partial charge >= 0.3 is 6.18 Å². The van der Waals surface area contributed by atoms with Crippen LogP contribution in [0.1, 0.15) is 11.1 Å². The summed E-state index contributed by atoms with van der Waals surface area (Å²) in [5.74, 6) is -2.60. The highest BCUT2D eigenvalue weighted by molar-refractivity contribution is 6.32. The van der Waals surface area contributed by atoms with Gasteiger partial charge in [0.05, 0.1) is 11.3 Å². The Hall–Kier alpha value is -2.41. The normalized spacial score (nSPS) is 11.8. The summed E-state index contributed by atoms with van der Waals surface area (Å²) in [5, 5.41) is 2.15. The van der Waals surface area contributed by atoms with Gasteiger partial charge in [0.25, 0.3) is 0 Å². The van der Waals surface area contributed by atoms with Gasteiger partial charge in [-0.05, 0) is 42.0 Å². The number of carbonyl (C=O) groups is 1. The topological polar surface area (TPSA) is 29.1 Å². The minimum absolute atomic E-state index is 0.0139. The lowest BCUT2D eigenvalue weighted by Crippen LogP contribution is -2.09. The Morgan fingerprint density at radius 3 is 2.42 bits per heavy atom. The van der Waals surface area contributed by atoms with Gasteiger partial charge in [-0.25, -0.2) is 8.78 Å². The summed E-state index contributed by atoms with van der Waals surface area (Å²) >= 11 is 5.78. The predicted molar refractivity (Wildman–Crippen MR) is 80.5 cm³/mol. The van der Waals surface area contributed by atoms with Gasteiger partial charge in [0.1, 0.15) is 11.6 Å². The van der Waals surface area contributed by atoms with Crippen molar-refractivity contribution in [3.05, 3.63) is 70.3 Å². The first kappa shape index (κ1) is 17.9. The number of carbonyl (C=O) groups excluding carboxylic acids is 1. The van der Waals surface area contributed by atoms with Gasteiger partial charge in [0, 0.05) is 17.2 Å². The highest BCUT2D eigenvalue weighted by Crippen LogP contribution is 2.32. The molecule has 0 radical (unpaired) electrons. The van der Waals surface area contributed by atoms with Crippen molar-refractivity contribution in [1.29, 1.82) is 0 Å². The maximum Gasteiger partial charge on any atom is 0.416 e. The third kappa shape index (κ3) is 4.55. The highest BCUT2D eigenvalue weighted by Gasteiger charge is 2.30. The molecule has 1 N–H and O–H groups in total. The fourth-order valence-corrected chi connectivity index (χ4v) is 1.96. The summed E-state index contributed by atoms with van der Waals surface area (Å²) in [6, 6.07) is 5.21. The second kappa shape index (κ2) is 7.00. The number of nitrogens with one attached hydrogen (secondary N) is 1. The SMILES string of the molecule is O=C(/C=C/c1cc(C(F)(F)F)ccc1Cl)Nc1ccc(F)cc1F. The molecular formula is C16H9ClF5NO. The second-order valence-corrected chi connectivity index (χ2v) is 5.09. The maximum atomic E-state index is 13.4. The molecule has 24 heavy (non-hydrogen) atoms.